The smallest absolute Gasteiger partial charge is 0.336 e. The maximum atomic E-state index is 12.3. The number of aryl methyl sites for hydroxylation is 1. The molecule has 1 aromatic rings. The second-order valence-electron chi connectivity index (χ2n) is 5.41. The number of amides is 2. The molecule has 0 spiro atoms. The van der Waals surface area contributed by atoms with Crippen molar-refractivity contribution in [1.29, 1.82) is 0 Å². The Morgan fingerprint density at radius 1 is 1.38 bits per heavy atom. The van der Waals surface area contributed by atoms with Crippen molar-refractivity contribution < 1.29 is 19.4 Å². The zero-order chi connectivity index (χ0) is 15.6. The van der Waals surface area contributed by atoms with E-state index in [0.717, 1.165) is 0 Å². The summed E-state index contributed by atoms with van der Waals surface area (Å²) in [5, 5.41) is 11.9. The summed E-state index contributed by atoms with van der Waals surface area (Å²) < 4.78 is 5.49. The molecule has 2 amide bonds. The van der Waals surface area contributed by atoms with Crippen LogP contribution in [-0.4, -0.2) is 47.3 Å². The van der Waals surface area contributed by atoms with Gasteiger partial charge in [0.15, 0.2) is 0 Å². The predicted molar refractivity (Wildman–Crippen MR) is 78.7 cm³/mol. The van der Waals surface area contributed by atoms with Crippen molar-refractivity contribution in [3.63, 3.8) is 0 Å². The van der Waals surface area contributed by atoms with Crippen LogP contribution in [-0.2, 0) is 4.74 Å². The number of carbonyl (C=O) groups is 2. The number of aromatic carboxylic acids is 1. The van der Waals surface area contributed by atoms with Gasteiger partial charge in [-0.15, -0.1) is 0 Å². The fraction of sp³-hybridized carbons (Fsp3) is 0.467. The van der Waals surface area contributed by atoms with E-state index in [0.29, 0.717) is 24.4 Å². The van der Waals surface area contributed by atoms with Crippen LogP contribution >= 0.6 is 0 Å². The minimum Gasteiger partial charge on any atom is -0.478 e. The van der Waals surface area contributed by atoms with Gasteiger partial charge in [0.05, 0.1) is 24.3 Å². The number of morpholine rings is 1. The lowest BCUT2D eigenvalue weighted by molar-refractivity contribution is -0.0296. The van der Waals surface area contributed by atoms with Crippen LogP contribution in [0.2, 0.25) is 0 Å². The van der Waals surface area contributed by atoms with Gasteiger partial charge < -0.3 is 20.1 Å². The van der Waals surface area contributed by atoms with Crippen LogP contribution in [0, 0.1) is 6.92 Å². The molecule has 2 N–H and O–H groups in total. The van der Waals surface area contributed by atoms with Crippen molar-refractivity contribution in [2.45, 2.75) is 32.9 Å². The number of ether oxygens (including phenoxy) is 1. The van der Waals surface area contributed by atoms with Gasteiger partial charge in [-0.05, 0) is 38.5 Å². The average Bonchev–Trinajstić information content (AvgIpc) is 2.43. The first kappa shape index (κ1) is 15.3. The fourth-order valence-electron chi connectivity index (χ4n) is 2.31. The molecule has 6 heteroatoms. The SMILES string of the molecule is Cc1ccc(NC(=O)N2CC(C)OCC2C)cc1C(=O)O. The number of carboxylic acids is 1. The Bertz CT molecular complexity index is 559. The molecule has 2 atom stereocenters. The lowest BCUT2D eigenvalue weighted by Gasteiger charge is -2.36. The molecular weight excluding hydrogens is 272 g/mol. The van der Waals surface area contributed by atoms with Crippen LogP contribution < -0.4 is 5.32 Å². The molecule has 0 aromatic heterocycles. The third-order valence-corrected chi connectivity index (χ3v) is 3.59. The lowest BCUT2D eigenvalue weighted by atomic mass is 10.1. The number of nitrogens with one attached hydrogen (secondary N) is 1. The first-order chi connectivity index (χ1) is 9.88. The highest BCUT2D eigenvalue weighted by atomic mass is 16.5. The van der Waals surface area contributed by atoms with Crippen LogP contribution in [0.15, 0.2) is 18.2 Å². The molecule has 0 aliphatic carbocycles. The standard InChI is InChI=1S/C15H20N2O4/c1-9-4-5-12(6-13(9)14(18)19)16-15(20)17-7-11(3)21-8-10(17)2/h4-6,10-11H,7-8H2,1-3H3,(H,16,20)(H,18,19). The molecule has 1 heterocycles. The van der Waals surface area contributed by atoms with Gasteiger partial charge in [-0.25, -0.2) is 9.59 Å². The Balaban J connectivity index is 2.12. The summed E-state index contributed by atoms with van der Waals surface area (Å²) in [5.74, 6) is -1.00. The van der Waals surface area contributed by atoms with Crippen molar-refractivity contribution in [2.75, 3.05) is 18.5 Å². The normalized spacial score (nSPS) is 22.0. The summed E-state index contributed by atoms with van der Waals surface area (Å²) in [6.07, 6.45) is -0.000418. The number of anilines is 1. The number of hydrogen-bond donors (Lipinski definition) is 2. The Hall–Kier alpha value is -2.08. The third kappa shape index (κ3) is 3.52. The van der Waals surface area contributed by atoms with Gasteiger partial charge in [0.25, 0.3) is 0 Å². The summed E-state index contributed by atoms with van der Waals surface area (Å²) in [6, 6.07) is 4.62. The van der Waals surface area contributed by atoms with Crippen LogP contribution in [0.25, 0.3) is 0 Å². The van der Waals surface area contributed by atoms with Crippen LogP contribution in [0.3, 0.4) is 0 Å². The minimum absolute atomic E-state index is 0.000418. The van der Waals surface area contributed by atoms with Crippen molar-refractivity contribution in [3.8, 4) is 0 Å². The number of carbonyl (C=O) groups excluding carboxylic acids is 1. The van der Waals surface area contributed by atoms with Gasteiger partial charge in [0.2, 0.25) is 0 Å². The molecule has 0 bridgehead atoms. The summed E-state index contributed by atoms with van der Waals surface area (Å²) in [6.45, 7) is 6.58. The van der Waals surface area contributed by atoms with Crippen molar-refractivity contribution >= 4 is 17.7 Å². The Labute approximate surface area is 123 Å². The highest BCUT2D eigenvalue weighted by Gasteiger charge is 2.27. The van der Waals surface area contributed by atoms with Gasteiger partial charge >= 0.3 is 12.0 Å². The Morgan fingerprint density at radius 3 is 2.76 bits per heavy atom. The topological polar surface area (TPSA) is 78.9 Å². The van der Waals surface area contributed by atoms with Crippen molar-refractivity contribution in [1.82, 2.24) is 4.90 Å². The van der Waals surface area contributed by atoms with E-state index in [1.807, 2.05) is 13.8 Å². The molecule has 1 aliphatic rings. The average molecular weight is 292 g/mol. The van der Waals surface area contributed by atoms with Crippen LogP contribution in [0.5, 0.6) is 0 Å². The van der Waals surface area contributed by atoms with Gasteiger partial charge in [-0.1, -0.05) is 6.07 Å². The molecule has 2 rings (SSSR count). The van der Waals surface area contributed by atoms with Crippen LogP contribution in [0.4, 0.5) is 10.5 Å². The fourth-order valence-corrected chi connectivity index (χ4v) is 2.31. The van der Waals surface area contributed by atoms with Gasteiger partial charge in [-0.2, -0.15) is 0 Å². The lowest BCUT2D eigenvalue weighted by Crippen LogP contribution is -2.51. The third-order valence-electron chi connectivity index (χ3n) is 3.59. The number of urea groups is 1. The summed E-state index contributed by atoms with van der Waals surface area (Å²) >= 11 is 0. The molecule has 1 fully saturated rings. The van der Waals surface area contributed by atoms with E-state index < -0.39 is 5.97 Å². The minimum atomic E-state index is -1.00. The number of hydrogen-bond acceptors (Lipinski definition) is 3. The second kappa shape index (κ2) is 6.13. The largest absolute Gasteiger partial charge is 0.478 e. The zero-order valence-electron chi connectivity index (χ0n) is 12.4. The Kier molecular flexibility index (Phi) is 4.47. The summed E-state index contributed by atoms with van der Waals surface area (Å²) in [4.78, 5) is 25.1. The first-order valence-corrected chi connectivity index (χ1v) is 6.91. The highest BCUT2D eigenvalue weighted by Crippen LogP contribution is 2.18. The highest BCUT2D eigenvalue weighted by molar-refractivity contribution is 5.94. The number of nitrogens with zero attached hydrogens (tertiary/aromatic N) is 1. The maximum absolute atomic E-state index is 12.3. The quantitative estimate of drug-likeness (QED) is 0.877. The molecule has 6 nitrogen and oxygen atoms in total. The number of carboxylic acid groups (broad SMARTS) is 1. The van der Waals surface area contributed by atoms with Crippen LogP contribution in [0.1, 0.15) is 29.8 Å². The van der Waals surface area contributed by atoms with Gasteiger partial charge in [0.1, 0.15) is 0 Å². The van der Waals surface area contributed by atoms with Gasteiger partial charge in [-0.3, -0.25) is 0 Å². The monoisotopic (exact) mass is 292 g/mol. The summed E-state index contributed by atoms with van der Waals surface area (Å²) in [5.41, 5.74) is 1.33. The molecule has 1 aliphatic heterocycles. The molecule has 1 aromatic carbocycles. The van der Waals surface area contributed by atoms with E-state index in [9.17, 15) is 9.59 Å². The predicted octanol–water partition coefficient (Wildman–Crippen LogP) is 2.33. The summed E-state index contributed by atoms with van der Waals surface area (Å²) in [7, 11) is 0. The Morgan fingerprint density at radius 2 is 2.10 bits per heavy atom. The zero-order valence-corrected chi connectivity index (χ0v) is 12.4. The second-order valence-corrected chi connectivity index (χ2v) is 5.41. The molecular formula is C15H20N2O4. The number of benzene rings is 1. The molecule has 2 unspecified atom stereocenters. The van der Waals surface area contributed by atoms with Crippen molar-refractivity contribution in [3.05, 3.63) is 29.3 Å². The molecule has 0 radical (unpaired) electrons. The van der Waals surface area contributed by atoms with Crippen molar-refractivity contribution in [2.24, 2.45) is 0 Å². The molecule has 114 valence electrons. The van der Waals surface area contributed by atoms with E-state index in [-0.39, 0.29) is 23.7 Å². The van der Waals surface area contributed by atoms with E-state index in [1.54, 1.807) is 24.0 Å². The molecule has 0 saturated carbocycles. The van der Waals surface area contributed by atoms with E-state index >= 15 is 0 Å². The molecule has 21 heavy (non-hydrogen) atoms. The van der Waals surface area contributed by atoms with E-state index in [2.05, 4.69) is 5.32 Å². The van der Waals surface area contributed by atoms with E-state index in [4.69, 9.17) is 9.84 Å². The van der Waals surface area contributed by atoms with E-state index in [1.165, 1.54) is 6.07 Å². The van der Waals surface area contributed by atoms with Gasteiger partial charge in [0, 0.05) is 12.2 Å². The number of rotatable bonds is 2. The first-order valence-electron chi connectivity index (χ1n) is 6.91. The maximum Gasteiger partial charge on any atom is 0.336 e. The molecule has 1 saturated heterocycles.